The summed E-state index contributed by atoms with van der Waals surface area (Å²) in [6.45, 7) is 2.58. The van der Waals surface area contributed by atoms with E-state index in [0.29, 0.717) is 6.61 Å². The summed E-state index contributed by atoms with van der Waals surface area (Å²) in [5, 5.41) is 0. The lowest BCUT2D eigenvalue weighted by molar-refractivity contribution is 0.335. The number of nitrogens with one attached hydrogen (secondary N) is 1. The van der Waals surface area contributed by atoms with E-state index in [-0.39, 0.29) is 6.04 Å². The average molecular weight is 217 g/mol. The van der Waals surface area contributed by atoms with E-state index in [1.165, 1.54) is 0 Å². The molecule has 3 N–H and O–H groups in total. The van der Waals surface area contributed by atoms with Gasteiger partial charge in [0.15, 0.2) is 0 Å². The number of nitrogens with zero attached hydrogens (tertiary/aromatic N) is 1. The number of H-pyrrole nitrogens is 1. The van der Waals surface area contributed by atoms with E-state index in [9.17, 15) is 0 Å². The zero-order valence-corrected chi connectivity index (χ0v) is 9.18. The molecule has 1 aromatic carbocycles. The Morgan fingerprint density at radius 1 is 1.44 bits per heavy atom. The Balaban J connectivity index is 2.32. The van der Waals surface area contributed by atoms with Crippen LogP contribution in [-0.4, -0.2) is 16.6 Å². The van der Waals surface area contributed by atoms with Crippen molar-refractivity contribution in [3.8, 4) is 5.75 Å². The molecule has 0 amide bonds. The van der Waals surface area contributed by atoms with E-state index in [2.05, 4.69) is 9.97 Å². The van der Waals surface area contributed by atoms with Crippen molar-refractivity contribution < 1.29 is 4.74 Å². The first-order chi connectivity index (χ1) is 7.83. The van der Waals surface area contributed by atoms with Gasteiger partial charge >= 0.3 is 0 Å². The molecule has 0 radical (unpaired) electrons. The largest absolute Gasteiger partial charge is 0.494 e. The van der Waals surface area contributed by atoms with Gasteiger partial charge in [-0.3, -0.25) is 0 Å². The maximum absolute atomic E-state index is 6.12. The molecule has 0 aliphatic carbocycles. The minimum absolute atomic E-state index is 0.280. The zero-order chi connectivity index (χ0) is 11.4. The van der Waals surface area contributed by atoms with Gasteiger partial charge in [-0.15, -0.1) is 0 Å². The molecule has 0 saturated carbocycles. The number of imidazole rings is 1. The molecule has 0 aliphatic heterocycles. The summed E-state index contributed by atoms with van der Waals surface area (Å²) in [5.41, 5.74) is 7.06. The van der Waals surface area contributed by atoms with Crippen LogP contribution in [0.1, 0.15) is 24.4 Å². The van der Waals surface area contributed by atoms with E-state index >= 15 is 0 Å². The van der Waals surface area contributed by atoms with Crippen LogP contribution in [0.3, 0.4) is 0 Å². The molecule has 16 heavy (non-hydrogen) atoms. The molecular formula is C12H15N3O. The van der Waals surface area contributed by atoms with Crippen molar-refractivity contribution >= 4 is 0 Å². The lowest BCUT2D eigenvalue weighted by Crippen LogP contribution is -2.15. The van der Waals surface area contributed by atoms with Crippen LogP contribution in [0, 0.1) is 0 Å². The lowest BCUT2D eigenvalue weighted by Gasteiger charge is -2.14. The van der Waals surface area contributed by atoms with Crippen molar-refractivity contribution in [2.24, 2.45) is 5.73 Å². The number of aromatic amines is 1. The van der Waals surface area contributed by atoms with E-state index in [4.69, 9.17) is 10.5 Å². The average Bonchev–Trinajstić information content (AvgIpc) is 2.83. The van der Waals surface area contributed by atoms with E-state index in [1.54, 1.807) is 12.4 Å². The third kappa shape index (κ3) is 2.06. The number of benzene rings is 1. The van der Waals surface area contributed by atoms with Crippen molar-refractivity contribution in [1.82, 2.24) is 9.97 Å². The molecule has 1 atom stereocenters. The summed E-state index contributed by atoms with van der Waals surface area (Å²) in [7, 11) is 0. The highest BCUT2D eigenvalue weighted by atomic mass is 16.5. The molecule has 0 saturated heterocycles. The second-order valence-electron chi connectivity index (χ2n) is 3.42. The highest BCUT2D eigenvalue weighted by molar-refractivity contribution is 5.38. The Kier molecular flexibility index (Phi) is 3.22. The standard InChI is InChI=1S/C12H15N3O/c1-2-16-10-6-4-3-5-9(10)11(13)12-14-7-8-15-12/h3-8,11H,2,13H2,1H3,(H,14,15). The fourth-order valence-corrected chi connectivity index (χ4v) is 1.62. The molecule has 2 rings (SSSR count). The third-order valence-electron chi connectivity index (χ3n) is 2.37. The highest BCUT2D eigenvalue weighted by Crippen LogP contribution is 2.26. The van der Waals surface area contributed by atoms with Gasteiger partial charge in [-0.1, -0.05) is 18.2 Å². The van der Waals surface area contributed by atoms with E-state index in [1.807, 2.05) is 31.2 Å². The van der Waals surface area contributed by atoms with Crippen molar-refractivity contribution in [2.75, 3.05) is 6.61 Å². The zero-order valence-electron chi connectivity index (χ0n) is 9.18. The topological polar surface area (TPSA) is 63.9 Å². The second-order valence-corrected chi connectivity index (χ2v) is 3.42. The molecule has 84 valence electrons. The number of nitrogens with two attached hydrogens (primary N) is 1. The maximum Gasteiger partial charge on any atom is 0.127 e. The molecule has 0 aliphatic rings. The maximum atomic E-state index is 6.12. The Morgan fingerprint density at radius 2 is 2.25 bits per heavy atom. The number of aromatic nitrogens is 2. The van der Waals surface area contributed by atoms with E-state index in [0.717, 1.165) is 17.1 Å². The summed E-state index contributed by atoms with van der Waals surface area (Å²) in [4.78, 5) is 7.17. The van der Waals surface area contributed by atoms with Gasteiger partial charge < -0.3 is 15.5 Å². The fraction of sp³-hybridized carbons (Fsp3) is 0.250. The molecule has 1 aromatic heterocycles. The van der Waals surface area contributed by atoms with E-state index < -0.39 is 0 Å². The first-order valence-electron chi connectivity index (χ1n) is 5.29. The SMILES string of the molecule is CCOc1ccccc1C(N)c1ncc[nH]1. The van der Waals surface area contributed by atoms with Gasteiger partial charge in [-0.05, 0) is 13.0 Å². The van der Waals surface area contributed by atoms with Crippen molar-refractivity contribution in [1.29, 1.82) is 0 Å². The van der Waals surface area contributed by atoms with Crippen LogP contribution in [0.2, 0.25) is 0 Å². The number of rotatable bonds is 4. The Bertz CT molecular complexity index is 439. The minimum atomic E-state index is -0.280. The molecule has 2 aromatic rings. The molecular weight excluding hydrogens is 202 g/mol. The summed E-state index contributed by atoms with van der Waals surface area (Å²) < 4.78 is 5.53. The summed E-state index contributed by atoms with van der Waals surface area (Å²) in [6.07, 6.45) is 3.46. The predicted molar refractivity (Wildman–Crippen MR) is 62.2 cm³/mol. The number of hydrogen-bond donors (Lipinski definition) is 2. The van der Waals surface area contributed by atoms with Gasteiger partial charge in [-0.2, -0.15) is 0 Å². The van der Waals surface area contributed by atoms with Crippen LogP contribution < -0.4 is 10.5 Å². The van der Waals surface area contributed by atoms with Crippen LogP contribution >= 0.6 is 0 Å². The predicted octanol–water partition coefficient (Wildman–Crippen LogP) is 1.86. The van der Waals surface area contributed by atoms with Crippen molar-refractivity contribution in [3.05, 3.63) is 48.0 Å². The van der Waals surface area contributed by atoms with Crippen LogP contribution in [0.5, 0.6) is 5.75 Å². The quantitative estimate of drug-likeness (QED) is 0.821. The van der Waals surface area contributed by atoms with Crippen molar-refractivity contribution in [3.63, 3.8) is 0 Å². The Hall–Kier alpha value is -1.81. The highest BCUT2D eigenvalue weighted by Gasteiger charge is 2.15. The summed E-state index contributed by atoms with van der Waals surface area (Å²) >= 11 is 0. The lowest BCUT2D eigenvalue weighted by atomic mass is 10.1. The molecule has 1 unspecified atom stereocenters. The first-order valence-corrected chi connectivity index (χ1v) is 5.29. The van der Waals surface area contributed by atoms with Crippen LogP contribution in [-0.2, 0) is 0 Å². The summed E-state index contributed by atoms with van der Waals surface area (Å²) in [5.74, 6) is 1.56. The van der Waals surface area contributed by atoms with Gasteiger partial charge in [0.25, 0.3) is 0 Å². The molecule has 1 heterocycles. The van der Waals surface area contributed by atoms with Crippen LogP contribution in [0.15, 0.2) is 36.7 Å². The minimum Gasteiger partial charge on any atom is -0.494 e. The first kappa shape index (κ1) is 10.7. The van der Waals surface area contributed by atoms with Gasteiger partial charge in [0.05, 0.1) is 12.6 Å². The van der Waals surface area contributed by atoms with Gasteiger partial charge in [0.1, 0.15) is 11.6 Å². The third-order valence-corrected chi connectivity index (χ3v) is 2.37. The monoisotopic (exact) mass is 217 g/mol. The van der Waals surface area contributed by atoms with Gasteiger partial charge in [-0.25, -0.2) is 4.98 Å². The molecule has 0 bridgehead atoms. The van der Waals surface area contributed by atoms with Crippen molar-refractivity contribution in [2.45, 2.75) is 13.0 Å². The summed E-state index contributed by atoms with van der Waals surface area (Å²) in [6, 6.07) is 7.47. The Labute approximate surface area is 94.5 Å². The second kappa shape index (κ2) is 4.81. The molecule has 0 fully saturated rings. The Morgan fingerprint density at radius 3 is 2.94 bits per heavy atom. The normalized spacial score (nSPS) is 12.4. The number of hydrogen-bond acceptors (Lipinski definition) is 3. The fourth-order valence-electron chi connectivity index (χ4n) is 1.62. The molecule has 4 nitrogen and oxygen atoms in total. The van der Waals surface area contributed by atoms with Crippen LogP contribution in [0.25, 0.3) is 0 Å². The van der Waals surface area contributed by atoms with Gasteiger partial charge in [0.2, 0.25) is 0 Å². The molecule has 0 spiro atoms. The number of ether oxygens (including phenoxy) is 1. The molecule has 4 heteroatoms. The number of para-hydroxylation sites is 1. The van der Waals surface area contributed by atoms with Crippen LogP contribution in [0.4, 0.5) is 0 Å². The smallest absolute Gasteiger partial charge is 0.127 e. The van der Waals surface area contributed by atoms with Gasteiger partial charge in [0, 0.05) is 18.0 Å².